The molecular formula is C15H20N2O. The van der Waals surface area contributed by atoms with Crippen LogP contribution in [0.1, 0.15) is 25.3 Å². The summed E-state index contributed by atoms with van der Waals surface area (Å²) in [6.07, 6.45) is 4.60. The lowest BCUT2D eigenvalue weighted by Gasteiger charge is -2.16. The number of benzene rings is 1. The highest BCUT2D eigenvalue weighted by atomic mass is 16.2. The number of nitrogens with one attached hydrogen (secondary N) is 1. The van der Waals surface area contributed by atoms with Gasteiger partial charge in [0.1, 0.15) is 0 Å². The van der Waals surface area contributed by atoms with E-state index >= 15 is 0 Å². The molecule has 0 aliphatic rings. The Morgan fingerprint density at radius 1 is 1.33 bits per heavy atom. The molecule has 0 atom stereocenters. The normalized spacial score (nSPS) is 10.8. The monoisotopic (exact) mass is 244 g/mol. The van der Waals surface area contributed by atoms with Crippen LogP contribution in [-0.2, 0) is 11.2 Å². The first-order valence-electron chi connectivity index (χ1n) is 6.51. The van der Waals surface area contributed by atoms with Gasteiger partial charge in [-0.25, -0.2) is 0 Å². The van der Waals surface area contributed by atoms with Crippen LogP contribution in [0.4, 0.5) is 0 Å². The van der Waals surface area contributed by atoms with Crippen LogP contribution in [0.25, 0.3) is 10.9 Å². The molecule has 3 heteroatoms. The fourth-order valence-electron chi connectivity index (χ4n) is 2.10. The fraction of sp³-hybridized carbons (Fsp3) is 0.400. The summed E-state index contributed by atoms with van der Waals surface area (Å²) in [7, 11) is 1.88. The average molecular weight is 244 g/mol. The molecule has 18 heavy (non-hydrogen) atoms. The predicted octanol–water partition coefficient (Wildman–Crippen LogP) is 2.97. The number of H-pyrrole nitrogens is 1. The molecule has 0 unspecified atom stereocenters. The maximum atomic E-state index is 12.1. The van der Waals surface area contributed by atoms with Crippen molar-refractivity contribution in [2.75, 3.05) is 13.6 Å². The number of fused-ring (bicyclic) bond motifs is 1. The summed E-state index contributed by atoms with van der Waals surface area (Å²) < 4.78 is 0. The Morgan fingerprint density at radius 2 is 2.11 bits per heavy atom. The van der Waals surface area contributed by atoms with Crippen LogP contribution < -0.4 is 0 Å². The first-order chi connectivity index (χ1) is 8.72. The average Bonchev–Trinajstić information content (AvgIpc) is 2.79. The van der Waals surface area contributed by atoms with Crippen molar-refractivity contribution in [3.63, 3.8) is 0 Å². The Labute approximate surface area is 108 Å². The summed E-state index contributed by atoms with van der Waals surface area (Å²) in [5.74, 6) is 0.188. The zero-order chi connectivity index (χ0) is 13.0. The molecule has 0 fully saturated rings. The van der Waals surface area contributed by atoms with E-state index in [1.165, 1.54) is 0 Å². The second-order valence-electron chi connectivity index (χ2n) is 4.71. The lowest BCUT2D eigenvalue weighted by atomic mass is 10.1. The molecule has 0 aliphatic carbocycles. The summed E-state index contributed by atoms with van der Waals surface area (Å²) in [6.45, 7) is 2.98. The first-order valence-corrected chi connectivity index (χ1v) is 6.51. The SMILES string of the molecule is CCCCN(C)C(=O)Cc1c[nH]c2ccccc12. The van der Waals surface area contributed by atoms with Crippen molar-refractivity contribution < 1.29 is 4.79 Å². The van der Waals surface area contributed by atoms with Crippen LogP contribution in [0.3, 0.4) is 0 Å². The van der Waals surface area contributed by atoms with E-state index in [1.54, 1.807) is 0 Å². The number of hydrogen-bond acceptors (Lipinski definition) is 1. The molecule has 0 saturated heterocycles. The third-order valence-corrected chi connectivity index (χ3v) is 3.29. The molecule has 0 spiro atoms. The van der Waals surface area contributed by atoms with E-state index in [-0.39, 0.29) is 5.91 Å². The maximum Gasteiger partial charge on any atom is 0.226 e. The van der Waals surface area contributed by atoms with Crippen LogP contribution in [0.5, 0.6) is 0 Å². The van der Waals surface area contributed by atoms with Crippen molar-refractivity contribution in [3.8, 4) is 0 Å². The number of rotatable bonds is 5. The van der Waals surface area contributed by atoms with Crippen molar-refractivity contribution in [2.45, 2.75) is 26.2 Å². The standard InChI is InChI=1S/C15H20N2O/c1-3-4-9-17(2)15(18)10-12-11-16-14-8-6-5-7-13(12)14/h5-8,11,16H,3-4,9-10H2,1-2H3. The number of aromatic nitrogens is 1. The van der Waals surface area contributed by atoms with Crippen LogP contribution >= 0.6 is 0 Å². The highest BCUT2D eigenvalue weighted by molar-refractivity contribution is 5.88. The van der Waals surface area contributed by atoms with Gasteiger partial charge in [0.05, 0.1) is 6.42 Å². The molecule has 0 bridgehead atoms. The number of unbranched alkanes of at least 4 members (excludes halogenated alkanes) is 1. The van der Waals surface area contributed by atoms with Crippen LogP contribution in [-0.4, -0.2) is 29.4 Å². The Balaban J connectivity index is 2.07. The minimum atomic E-state index is 0.188. The van der Waals surface area contributed by atoms with Crippen molar-refractivity contribution in [2.24, 2.45) is 0 Å². The molecule has 2 rings (SSSR count). The zero-order valence-electron chi connectivity index (χ0n) is 11.1. The van der Waals surface area contributed by atoms with Gasteiger partial charge in [0.25, 0.3) is 0 Å². The Kier molecular flexibility index (Phi) is 4.03. The van der Waals surface area contributed by atoms with Gasteiger partial charge in [-0.1, -0.05) is 31.5 Å². The van der Waals surface area contributed by atoms with E-state index < -0.39 is 0 Å². The number of hydrogen-bond donors (Lipinski definition) is 1. The third-order valence-electron chi connectivity index (χ3n) is 3.29. The second kappa shape index (κ2) is 5.71. The highest BCUT2D eigenvalue weighted by Gasteiger charge is 2.11. The van der Waals surface area contributed by atoms with Gasteiger partial charge < -0.3 is 9.88 Å². The molecule has 1 amide bonds. The van der Waals surface area contributed by atoms with Crippen molar-refractivity contribution in [1.82, 2.24) is 9.88 Å². The number of nitrogens with zero attached hydrogens (tertiary/aromatic N) is 1. The Morgan fingerprint density at radius 3 is 2.89 bits per heavy atom. The number of amides is 1. The summed E-state index contributed by atoms with van der Waals surface area (Å²) >= 11 is 0. The summed E-state index contributed by atoms with van der Waals surface area (Å²) in [6, 6.07) is 8.09. The Hall–Kier alpha value is -1.77. The van der Waals surface area contributed by atoms with Gasteiger partial charge >= 0.3 is 0 Å². The number of para-hydroxylation sites is 1. The van der Waals surface area contributed by atoms with Gasteiger partial charge in [0.2, 0.25) is 5.91 Å². The van der Waals surface area contributed by atoms with Crippen molar-refractivity contribution in [1.29, 1.82) is 0 Å². The number of carbonyl (C=O) groups is 1. The van der Waals surface area contributed by atoms with Crippen LogP contribution in [0.15, 0.2) is 30.5 Å². The molecule has 1 aromatic carbocycles. The third kappa shape index (κ3) is 2.73. The molecule has 3 nitrogen and oxygen atoms in total. The van der Waals surface area contributed by atoms with E-state index in [2.05, 4.69) is 18.0 Å². The molecule has 2 aromatic rings. The number of likely N-dealkylation sites (N-methyl/N-ethyl adjacent to an activating group) is 1. The van der Waals surface area contributed by atoms with E-state index in [1.807, 2.05) is 36.3 Å². The summed E-state index contributed by atoms with van der Waals surface area (Å²) in [4.78, 5) is 17.1. The van der Waals surface area contributed by atoms with Gasteiger partial charge in [-0.15, -0.1) is 0 Å². The highest BCUT2D eigenvalue weighted by Crippen LogP contribution is 2.18. The topological polar surface area (TPSA) is 36.1 Å². The van der Waals surface area contributed by atoms with E-state index in [4.69, 9.17) is 0 Å². The first kappa shape index (κ1) is 12.7. The van der Waals surface area contributed by atoms with Gasteiger partial charge in [0.15, 0.2) is 0 Å². The minimum Gasteiger partial charge on any atom is -0.361 e. The molecule has 1 aromatic heterocycles. The molecule has 1 heterocycles. The fourth-order valence-corrected chi connectivity index (χ4v) is 2.10. The summed E-state index contributed by atoms with van der Waals surface area (Å²) in [5, 5.41) is 1.15. The van der Waals surface area contributed by atoms with Crippen LogP contribution in [0.2, 0.25) is 0 Å². The molecule has 0 saturated carbocycles. The predicted molar refractivity (Wildman–Crippen MR) is 74.5 cm³/mol. The van der Waals surface area contributed by atoms with Gasteiger partial charge in [-0.3, -0.25) is 4.79 Å². The quantitative estimate of drug-likeness (QED) is 0.862. The van der Waals surface area contributed by atoms with Gasteiger partial charge in [0, 0.05) is 30.7 Å². The number of carbonyl (C=O) groups excluding carboxylic acids is 1. The second-order valence-corrected chi connectivity index (χ2v) is 4.71. The van der Waals surface area contributed by atoms with Crippen LogP contribution in [0, 0.1) is 0 Å². The van der Waals surface area contributed by atoms with E-state index in [0.717, 1.165) is 35.9 Å². The van der Waals surface area contributed by atoms with Gasteiger partial charge in [-0.05, 0) is 18.1 Å². The molecule has 0 aliphatic heterocycles. The zero-order valence-corrected chi connectivity index (χ0v) is 11.1. The minimum absolute atomic E-state index is 0.188. The largest absolute Gasteiger partial charge is 0.361 e. The summed E-state index contributed by atoms with van der Waals surface area (Å²) in [5.41, 5.74) is 2.18. The number of aromatic amines is 1. The molecule has 96 valence electrons. The molecule has 1 N–H and O–H groups in total. The molecular weight excluding hydrogens is 224 g/mol. The smallest absolute Gasteiger partial charge is 0.226 e. The lowest BCUT2D eigenvalue weighted by molar-refractivity contribution is -0.129. The van der Waals surface area contributed by atoms with Gasteiger partial charge in [-0.2, -0.15) is 0 Å². The maximum absolute atomic E-state index is 12.1. The van der Waals surface area contributed by atoms with Crippen molar-refractivity contribution in [3.05, 3.63) is 36.0 Å². The molecule has 0 radical (unpaired) electrons. The van der Waals surface area contributed by atoms with E-state index in [0.29, 0.717) is 6.42 Å². The van der Waals surface area contributed by atoms with E-state index in [9.17, 15) is 4.79 Å². The Bertz CT molecular complexity index is 530. The van der Waals surface area contributed by atoms with Crippen molar-refractivity contribution >= 4 is 16.8 Å². The lowest BCUT2D eigenvalue weighted by Crippen LogP contribution is -2.29.